The number of carbonyl (C=O) groups excluding carboxylic acids is 2. The highest BCUT2D eigenvalue weighted by Gasteiger charge is 2.00. The van der Waals surface area contributed by atoms with Gasteiger partial charge in [0, 0.05) is 25.1 Å². The van der Waals surface area contributed by atoms with Gasteiger partial charge in [0.05, 0.1) is 6.61 Å². The highest BCUT2D eigenvalue weighted by molar-refractivity contribution is 5.75. The van der Waals surface area contributed by atoms with Crippen molar-refractivity contribution >= 4 is 12.2 Å². The Kier molecular flexibility index (Phi) is 6.50. The molecule has 3 N–H and O–H groups in total. The lowest BCUT2D eigenvalue weighted by Crippen LogP contribution is -2.29. The first kappa shape index (κ1) is 14.2. The summed E-state index contributed by atoms with van der Waals surface area (Å²) in [7, 11) is 0. The molecular weight excluding hydrogens is 232 g/mol. The van der Waals surface area contributed by atoms with Gasteiger partial charge in [-0.1, -0.05) is 0 Å². The number of aldehydes is 1. The zero-order valence-electron chi connectivity index (χ0n) is 10.2. The first-order valence-electron chi connectivity index (χ1n) is 5.91. The standard InChI is InChI=1S/C13H18N2O3/c14-7-8-15-13(17)2-1-9-18-12-5-3-11(10-16)4-6-12/h3-6,10H,1-2,7-9,14H2,(H,15,17). The topological polar surface area (TPSA) is 81.4 Å². The number of nitrogens with one attached hydrogen (secondary N) is 1. The Morgan fingerprint density at radius 2 is 2.06 bits per heavy atom. The highest BCUT2D eigenvalue weighted by atomic mass is 16.5. The lowest BCUT2D eigenvalue weighted by molar-refractivity contribution is -0.121. The van der Waals surface area contributed by atoms with Crippen molar-refractivity contribution < 1.29 is 14.3 Å². The molecule has 0 radical (unpaired) electrons. The summed E-state index contributed by atoms with van der Waals surface area (Å²) in [4.78, 5) is 21.7. The fraction of sp³-hybridized carbons (Fsp3) is 0.385. The number of hydrogen-bond acceptors (Lipinski definition) is 4. The maximum atomic E-state index is 11.2. The van der Waals surface area contributed by atoms with Crippen LogP contribution in [0.1, 0.15) is 23.2 Å². The molecule has 0 aliphatic carbocycles. The van der Waals surface area contributed by atoms with Gasteiger partial charge in [0.1, 0.15) is 12.0 Å². The number of hydrogen-bond donors (Lipinski definition) is 2. The van der Waals surface area contributed by atoms with E-state index in [2.05, 4.69) is 5.32 Å². The van der Waals surface area contributed by atoms with E-state index in [4.69, 9.17) is 10.5 Å². The fourth-order valence-corrected chi connectivity index (χ4v) is 1.37. The van der Waals surface area contributed by atoms with Gasteiger partial charge in [-0.2, -0.15) is 0 Å². The zero-order valence-corrected chi connectivity index (χ0v) is 10.2. The second-order valence-corrected chi connectivity index (χ2v) is 3.78. The smallest absolute Gasteiger partial charge is 0.220 e. The van der Waals surface area contributed by atoms with Gasteiger partial charge in [0.15, 0.2) is 0 Å². The van der Waals surface area contributed by atoms with Crippen LogP contribution in [0.5, 0.6) is 5.75 Å². The van der Waals surface area contributed by atoms with Gasteiger partial charge in [0.2, 0.25) is 5.91 Å². The fourth-order valence-electron chi connectivity index (χ4n) is 1.37. The van der Waals surface area contributed by atoms with Crippen molar-refractivity contribution in [3.63, 3.8) is 0 Å². The molecule has 0 atom stereocenters. The van der Waals surface area contributed by atoms with Crippen LogP contribution in [-0.2, 0) is 4.79 Å². The molecule has 0 aliphatic rings. The summed E-state index contributed by atoms with van der Waals surface area (Å²) in [6.07, 6.45) is 1.85. The van der Waals surface area contributed by atoms with Gasteiger partial charge in [-0.3, -0.25) is 9.59 Å². The Morgan fingerprint density at radius 1 is 1.33 bits per heavy atom. The third-order valence-corrected chi connectivity index (χ3v) is 2.30. The predicted octanol–water partition coefficient (Wildman–Crippen LogP) is 0.733. The van der Waals surface area contributed by atoms with Crippen molar-refractivity contribution in [2.24, 2.45) is 5.73 Å². The van der Waals surface area contributed by atoms with Gasteiger partial charge >= 0.3 is 0 Å². The van der Waals surface area contributed by atoms with E-state index in [1.54, 1.807) is 24.3 Å². The SMILES string of the molecule is NCCNC(=O)CCCOc1ccc(C=O)cc1. The molecule has 98 valence electrons. The third-order valence-electron chi connectivity index (χ3n) is 2.30. The molecule has 5 nitrogen and oxygen atoms in total. The summed E-state index contributed by atoms with van der Waals surface area (Å²) in [5.74, 6) is 0.684. The van der Waals surface area contributed by atoms with Gasteiger partial charge in [-0.25, -0.2) is 0 Å². The lowest BCUT2D eigenvalue weighted by atomic mass is 10.2. The quantitative estimate of drug-likeness (QED) is 0.526. The van der Waals surface area contributed by atoms with Crippen LogP contribution in [-0.4, -0.2) is 31.9 Å². The molecule has 0 spiro atoms. The van der Waals surface area contributed by atoms with Crippen molar-refractivity contribution in [1.29, 1.82) is 0 Å². The Hall–Kier alpha value is -1.88. The largest absolute Gasteiger partial charge is 0.494 e. The van der Waals surface area contributed by atoms with E-state index >= 15 is 0 Å². The first-order chi connectivity index (χ1) is 8.76. The van der Waals surface area contributed by atoms with Crippen molar-refractivity contribution in [2.45, 2.75) is 12.8 Å². The van der Waals surface area contributed by atoms with E-state index in [1.807, 2.05) is 0 Å². The van der Waals surface area contributed by atoms with Gasteiger partial charge in [-0.15, -0.1) is 0 Å². The average Bonchev–Trinajstić information content (AvgIpc) is 2.42. The van der Waals surface area contributed by atoms with Crippen LogP contribution in [0.4, 0.5) is 0 Å². The predicted molar refractivity (Wildman–Crippen MR) is 68.6 cm³/mol. The van der Waals surface area contributed by atoms with E-state index in [1.165, 1.54) is 0 Å². The van der Waals surface area contributed by atoms with E-state index in [9.17, 15) is 9.59 Å². The summed E-state index contributed by atoms with van der Waals surface area (Å²) < 4.78 is 5.44. The molecule has 0 unspecified atom stereocenters. The van der Waals surface area contributed by atoms with E-state index in [0.717, 1.165) is 6.29 Å². The number of benzene rings is 1. The molecule has 1 amide bonds. The van der Waals surface area contributed by atoms with E-state index in [-0.39, 0.29) is 5.91 Å². The number of ether oxygens (including phenoxy) is 1. The van der Waals surface area contributed by atoms with Crippen LogP contribution in [0.2, 0.25) is 0 Å². The second-order valence-electron chi connectivity index (χ2n) is 3.78. The molecule has 18 heavy (non-hydrogen) atoms. The average molecular weight is 250 g/mol. The van der Waals surface area contributed by atoms with Gasteiger partial charge in [-0.05, 0) is 30.7 Å². The molecule has 0 saturated heterocycles. The van der Waals surface area contributed by atoms with Crippen molar-refractivity contribution in [1.82, 2.24) is 5.32 Å². The minimum absolute atomic E-state index is 0.0136. The van der Waals surface area contributed by atoms with E-state index < -0.39 is 0 Å². The summed E-state index contributed by atoms with van der Waals surface area (Å²) >= 11 is 0. The molecule has 5 heteroatoms. The summed E-state index contributed by atoms with van der Waals surface area (Å²) in [6, 6.07) is 6.85. The van der Waals surface area contributed by atoms with Gasteiger partial charge in [0.25, 0.3) is 0 Å². The maximum absolute atomic E-state index is 11.2. The van der Waals surface area contributed by atoms with Crippen LogP contribution in [0, 0.1) is 0 Å². The molecular formula is C13H18N2O3. The minimum Gasteiger partial charge on any atom is -0.494 e. The molecule has 0 aromatic heterocycles. The number of nitrogens with two attached hydrogens (primary N) is 1. The summed E-state index contributed by atoms with van der Waals surface area (Å²) in [5, 5.41) is 2.69. The molecule has 0 fully saturated rings. The minimum atomic E-state index is -0.0136. The molecule has 0 saturated carbocycles. The molecule has 1 aromatic carbocycles. The van der Waals surface area contributed by atoms with Crippen molar-refractivity contribution in [3.8, 4) is 5.75 Å². The van der Waals surface area contributed by atoms with Crippen LogP contribution in [0.25, 0.3) is 0 Å². The number of rotatable bonds is 8. The Bertz CT molecular complexity index is 376. The van der Waals surface area contributed by atoms with Crippen LogP contribution in [0.3, 0.4) is 0 Å². The molecule has 1 rings (SSSR count). The zero-order chi connectivity index (χ0) is 13.2. The monoisotopic (exact) mass is 250 g/mol. The van der Waals surface area contributed by atoms with Gasteiger partial charge < -0.3 is 15.8 Å². The van der Waals surface area contributed by atoms with E-state index in [0.29, 0.717) is 43.9 Å². The molecule has 0 aliphatic heterocycles. The summed E-state index contributed by atoms with van der Waals surface area (Å²) in [5.41, 5.74) is 5.88. The summed E-state index contributed by atoms with van der Waals surface area (Å²) in [6.45, 7) is 1.43. The maximum Gasteiger partial charge on any atom is 0.220 e. The Labute approximate surface area is 106 Å². The highest BCUT2D eigenvalue weighted by Crippen LogP contribution is 2.11. The lowest BCUT2D eigenvalue weighted by Gasteiger charge is -2.06. The number of amides is 1. The second kappa shape index (κ2) is 8.25. The van der Waals surface area contributed by atoms with Crippen LogP contribution >= 0.6 is 0 Å². The van der Waals surface area contributed by atoms with Crippen molar-refractivity contribution in [2.75, 3.05) is 19.7 Å². The van der Waals surface area contributed by atoms with Crippen molar-refractivity contribution in [3.05, 3.63) is 29.8 Å². The molecule has 0 heterocycles. The molecule has 0 bridgehead atoms. The Balaban J connectivity index is 2.17. The molecule has 1 aromatic rings. The number of carbonyl (C=O) groups is 2. The van der Waals surface area contributed by atoms with Crippen LogP contribution in [0.15, 0.2) is 24.3 Å². The normalized spacial score (nSPS) is 9.83. The first-order valence-corrected chi connectivity index (χ1v) is 5.91. The van der Waals surface area contributed by atoms with Crippen LogP contribution < -0.4 is 15.8 Å². The third kappa shape index (κ3) is 5.45. The Morgan fingerprint density at radius 3 is 2.67 bits per heavy atom.